The smallest absolute Gasteiger partial charge is 0.0750 e. The van der Waals surface area contributed by atoms with Gasteiger partial charge in [-0.15, -0.1) is 0 Å². The van der Waals surface area contributed by atoms with Gasteiger partial charge in [0.15, 0.2) is 0 Å². The molecule has 1 fully saturated rings. The summed E-state index contributed by atoms with van der Waals surface area (Å²) < 4.78 is 11.7. The minimum atomic E-state index is 0.318. The Kier molecular flexibility index (Phi) is 8.67. The number of ether oxygens (including phenoxy) is 2. The molecular formula is C16H33NO2. The van der Waals surface area contributed by atoms with Crippen molar-refractivity contribution in [1.29, 1.82) is 0 Å². The van der Waals surface area contributed by atoms with Gasteiger partial charge in [0.25, 0.3) is 0 Å². The van der Waals surface area contributed by atoms with E-state index in [0.29, 0.717) is 24.2 Å². The predicted octanol–water partition coefficient (Wildman–Crippen LogP) is 3.37. The standard InChI is InChI=1S/C16H33NO2/c1-5-11-17-15(16(13(3)4)18-6-2)10-9-14-8-7-12-19-14/h13-17H,5-12H2,1-4H3. The fourth-order valence-corrected chi connectivity index (χ4v) is 2.92. The van der Waals surface area contributed by atoms with Crippen molar-refractivity contribution < 1.29 is 9.47 Å². The summed E-state index contributed by atoms with van der Waals surface area (Å²) in [6, 6.07) is 0.462. The second kappa shape index (κ2) is 9.73. The lowest BCUT2D eigenvalue weighted by molar-refractivity contribution is -0.00297. The van der Waals surface area contributed by atoms with E-state index < -0.39 is 0 Å². The Labute approximate surface area is 119 Å². The minimum absolute atomic E-state index is 0.318. The molecule has 0 amide bonds. The van der Waals surface area contributed by atoms with Crippen LogP contribution in [0, 0.1) is 5.92 Å². The molecule has 0 radical (unpaired) electrons. The summed E-state index contributed by atoms with van der Waals surface area (Å²) >= 11 is 0. The Balaban J connectivity index is 2.46. The molecule has 0 spiro atoms. The molecule has 0 aliphatic carbocycles. The van der Waals surface area contributed by atoms with Gasteiger partial charge in [0.1, 0.15) is 0 Å². The van der Waals surface area contributed by atoms with Gasteiger partial charge >= 0.3 is 0 Å². The third-order valence-corrected chi connectivity index (χ3v) is 3.89. The molecule has 1 rings (SSSR count). The summed E-state index contributed by atoms with van der Waals surface area (Å²) in [7, 11) is 0. The third-order valence-electron chi connectivity index (χ3n) is 3.89. The zero-order chi connectivity index (χ0) is 14.1. The Morgan fingerprint density at radius 3 is 2.63 bits per heavy atom. The van der Waals surface area contributed by atoms with E-state index in [2.05, 4.69) is 33.0 Å². The fourth-order valence-electron chi connectivity index (χ4n) is 2.92. The van der Waals surface area contributed by atoms with Crippen LogP contribution in [-0.2, 0) is 9.47 Å². The highest BCUT2D eigenvalue weighted by Crippen LogP contribution is 2.21. The molecule has 3 atom stereocenters. The molecule has 0 aromatic heterocycles. The monoisotopic (exact) mass is 271 g/mol. The van der Waals surface area contributed by atoms with E-state index in [1.807, 2.05) is 0 Å². The summed E-state index contributed by atoms with van der Waals surface area (Å²) in [6.07, 6.45) is 6.77. The average molecular weight is 271 g/mol. The van der Waals surface area contributed by atoms with Crippen LogP contribution in [0.3, 0.4) is 0 Å². The number of nitrogens with one attached hydrogen (secondary N) is 1. The van der Waals surface area contributed by atoms with Crippen LogP contribution in [0.4, 0.5) is 0 Å². The number of rotatable bonds is 10. The summed E-state index contributed by atoms with van der Waals surface area (Å²) in [5.74, 6) is 0.554. The second-order valence-corrected chi connectivity index (χ2v) is 5.94. The van der Waals surface area contributed by atoms with Crippen LogP contribution in [0.15, 0.2) is 0 Å². The molecule has 3 nitrogen and oxygen atoms in total. The molecule has 1 saturated heterocycles. The molecule has 114 valence electrons. The predicted molar refractivity (Wildman–Crippen MR) is 80.5 cm³/mol. The van der Waals surface area contributed by atoms with Crippen molar-refractivity contribution in [2.45, 2.75) is 78.0 Å². The van der Waals surface area contributed by atoms with Gasteiger partial charge in [-0.3, -0.25) is 0 Å². The van der Waals surface area contributed by atoms with E-state index in [0.717, 1.165) is 32.6 Å². The lowest BCUT2D eigenvalue weighted by Crippen LogP contribution is -2.45. The molecule has 0 bridgehead atoms. The maximum absolute atomic E-state index is 5.97. The van der Waals surface area contributed by atoms with E-state index in [1.54, 1.807) is 0 Å². The number of hydrogen-bond donors (Lipinski definition) is 1. The molecule has 1 aliphatic heterocycles. The Morgan fingerprint density at radius 1 is 1.32 bits per heavy atom. The molecule has 0 aromatic carbocycles. The summed E-state index contributed by atoms with van der Waals surface area (Å²) in [5.41, 5.74) is 0. The fraction of sp³-hybridized carbons (Fsp3) is 1.00. The van der Waals surface area contributed by atoms with Crippen LogP contribution < -0.4 is 5.32 Å². The molecular weight excluding hydrogens is 238 g/mol. The van der Waals surface area contributed by atoms with Crippen molar-refractivity contribution in [3.05, 3.63) is 0 Å². The molecule has 3 unspecified atom stereocenters. The highest BCUT2D eigenvalue weighted by atomic mass is 16.5. The summed E-state index contributed by atoms with van der Waals surface area (Å²) in [5, 5.41) is 3.68. The van der Waals surface area contributed by atoms with Crippen LogP contribution in [0.5, 0.6) is 0 Å². The van der Waals surface area contributed by atoms with Crippen molar-refractivity contribution in [3.63, 3.8) is 0 Å². The molecule has 1 N–H and O–H groups in total. The largest absolute Gasteiger partial charge is 0.378 e. The zero-order valence-corrected chi connectivity index (χ0v) is 13.3. The van der Waals surface area contributed by atoms with Crippen LogP contribution in [0.2, 0.25) is 0 Å². The molecule has 0 saturated carbocycles. The van der Waals surface area contributed by atoms with Gasteiger partial charge in [0.2, 0.25) is 0 Å². The minimum Gasteiger partial charge on any atom is -0.378 e. The first-order valence-electron chi connectivity index (χ1n) is 8.15. The van der Waals surface area contributed by atoms with Gasteiger partial charge in [-0.1, -0.05) is 20.8 Å². The van der Waals surface area contributed by atoms with Crippen LogP contribution in [0.25, 0.3) is 0 Å². The molecule has 1 aliphatic rings. The van der Waals surface area contributed by atoms with Gasteiger partial charge in [0, 0.05) is 19.3 Å². The third kappa shape index (κ3) is 6.24. The topological polar surface area (TPSA) is 30.5 Å². The lowest BCUT2D eigenvalue weighted by atomic mass is 9.94. The van der Waals surface area contributed by atoms with Gasteiger partial charge in [-0.2, -0.15) is 0 Å². The normalized spacial score (nSPS) is 22.9. The maximum Gasteiger partial charge on any atom is 0.0750 e. The first kappa shape index (κ1) is 16.9. The highest BCUT2D eigenvalue weighted by molar-refractivity contribution is 4.81. The molecule has 19 heavy (non-hydrogen) atoms. The Bertz CT molecular complexity index is 215. The Hall–Kier alpha value is -0.120. The maximum atomic E-state index is 5.97. The van der Waals surface area contributed by atoms with Crippen molar-refractivity contribution in [3.8, 4) is 0 Å². The summed E-state index contributed by atoms with van der Waals surface area (Å²) in [4.78, 5) is 0. The SMILES string of the molecule is CCCNC(CCC1CCCO1)C(OCC)C(C)C. The van der Waals surface area contributed by atoms with Gasteiger partial charge in [0.05, 0.1) is 12.2 Å². The van der Waals surface area contributed by atoms with Gasteiger partial charge in [-0.25, -0.2) is 0 Å². The Morgan fingerprint density at radius 2 is 2.11 bits per heavy atom. The average Bonchev–Trinajstić information content (AvgIpc) is 2.90. The number of hydrogen-bond acceptors (Lipinski definition) is 3. The zero-order valence-electron chi connectivity index (χ0n) is 13.3. The summed E-state index contributed by atoms with van der Waals surface area (Å²) in [6.45, 7) is 11.7. The van der Waals surface area contributed by atoms with E-state index in [-0.39, 0.29) is 0 Å². The molecule has 1 heterocycles. The first-order chi connectivity index (χ1) is 9.19. The van der Waals surface area contributed by atoms with Crippen molar-refractivity contribution in [2.24, 2.45) is 5.92 Å². The first-order valence-corrected chi connectivity index (χ1v) is 8.15. The highest BCUT2D eigenvalue weighted by Gasteiger charge is 2.26. The van der Waals surface area contributed by atoms with E-state index in [1.165, 1.54) is 19.3 Å². The molecule has 3 heteroatoms. The van der Waals surface area contributed by atoms with Crippen LogP contribution in [-0.4, -0.2) is 38.0 Å². The van der Waals surface area contributed by atoms with Crippen molar-refractivity contribution in [1.82, 2.24) is 5.32 Å². The van der Waals surface area contributed by atoms with Gasteiger partial charge in [-0.05, 0) is 51.5 Å². The van der Waals surface area contributed by atoms with E-state index in [4.69, 9.17) is 9.47 Å². The quantitative estimate of drug-likeness (QED) is 0.661. The molecule has 0 aromatic rings. The van der Waals surface area contributed by atoms with Crippen molar-refractivity contribution in [2.75, 3.05) is 19.8 Å². The lowest BCUT2D eigenvalue weighted by Gasteiger charge is -2.31. The van der Waals surface area contributed by atoms with Crippen molar-refractivity contribution >= 4 is 0 Å². The van der Waals surface area contributed by atoms with Gasteiger partial charge < -0.3 is 14.8 Å². The van der Waals surface area contributed by atoms with Crippen LogP contribution in [0.1, 0.15) is 59.8 Å². The van der Waals surface area contributed by atoms with Crippen LogP contribution >= 0.6 is 0 Å². The second-order valence-electron chi connectivity index (χ2n) is 5.94. The van der Waals surface area contributed by atoms with E-state index >= 15 is 0 Å². The van der Waals surface area contributed by atoms with E-state index in [9.17, 15) is 0 Å².